The Morgan fingerprint density at radius 1 is 1.15 bits per heavy atom. The van der Waals surface area contributed by atoms with E-state index in [1.807, 2.05) is 0 Å². The second kappa shape index (κ2) is 6.96. The monoisotopic (exact) mass is 373 g/mol. The SMILES string of the molecule is CS(=O)(=O)c1ccc(NC(=O)COC(=O)c2ccc3cn[nH]c3c2)cc1. The fourth-order valence-corrected chi connectivity index (χ4v) is 2.89. The lowest BCUT2D eigenvalue weighted by molar-refractivity contribution is -0.119. The minimum atomic E-state index is -3.30. The van der Waals surface area contributed by atoms with E-state index >= 15 is 0 Å². The van der Waals surface area contributed by atoms with Crippen LogP contribution in [0.1, 0.15) is 10.4 Å². The number of anilines is 1. The van der Waals surface area contributed by atoms with E-state index in [1.165, 1.54) is 24.3 Å². The number of hydrogen-bond acceptors (Lipinski definition) is 6. The van der Waals surface area contributed by atoms with Crippen molar-refractivity contribution in [3.8, 4) is 0 Å². The van der Waals surface area contributed by atoms with Gasteiger partial charge in [-0.1, -0.05) is 6.07 Å². The maximum Gasteiger partial charge on any atom is 0.338 e. The molecule has 0 unspecified atom stereocenters. The number of benzene rings is 2. The standard InChI is InChI=1S/C17H15N3O5S/c1-26(23,24)14-6-4-13(5-7-14)19-16(21)10-25-17(22)11-2-3-12-9-18-20-15(12)8-11/h2-9H,10H2,1H3,(H,18,20)(H,19,21). The average Bonchev–Trinajstić information content (AvgIpc) is 3.07. The van der Waals surface area contributed by atoms with E-state index in [0.29, 0.717) is 16.8 Å². The van der Waals surface area contributed by atoms with Crippen molar-refractivity contribution in [3.05, 3.63) is 54.2 Å². The van der Waals surface area contributed by atoms with Crippen LogP contribution in [-0.2, 0) is 19.4 Å². The Labute approximate surface area is 149 Å². The minimum absolute atomic E-state index is 0.149. The van der Waals surface area contributed by atoms with Crippen LogP contribution in [0.3, 0.4) is 0 Å². The Morgan fingerprint density at radius 3 is 2.58 bits per heavy atom. The summed E-state index contributed by atoms with van der Waals surface area (Å²) in [5.41, 5.74) is 1.39. The Bertz CT molecular complexity index is 1070. The van der Waals surface area contributed by atoms with E-state index in [2.05, 4.69) is 15.5 Å². The van der Waals surface area contributed by atoms with Gasteiger partial charge in [-0.15, -0.1) is 0 Å². The number of carbonyl (C=O) groups is 2. The van der Waals surface area contributed by atoms with Gasteiger partial charge in [0.05, 0.1) is 22.2 Å². The minimum Gasteiger partial charge on any atom is -0.452 e. The van der Waals surface area contributed by atoms with Gasteiger partial charge in [0.1, 0.15) is 0 Å². The molecule has 9 heteroatoms. The van der Waals surface area contributed by atoms with E-state index < -0.39 is 28.3 Å². The largest absolute Gasteiger partial charge is 0.452 e. The van der Waals surface area contributed by atoms with Crippen molar-refractivity contribution >= 4 is 38.3 Å². The highest BCUT2D eigenvalue weighted by Gasteiger charge is 2.12. The van der Waals surface area contributed by atoms with Crippen LogP contribution in [0.15, 0.2) is 53.6 Å². The summed E-state index contributed by atoms with van der Waals surface area (Å²) in [6.07, 6.45) is 2.73. The predicted molar refractivity (Wildman–Crippen MR) is 94.6 cm³/mol. The van der Waals surface area contributed by atoms with Crippen LogP contribution < -0.4 is 5.32 Å². The summed E-state index contributed by atoms with van der Waals surface area (Å²) in [6, 6.07) is 10.6. The van der Waals surface area contributed by atoms with Gasteiger partial charge in [0.25, 0.3) is 5.91 Å². The summed E-state index contributed by atoms with van der Waals surface area (Å²) < 4.78 is 27.8. The van der Waals surface area contributed by atoms with Crippen LogP contribution in [0.4, 0.5) is 5.69 Å². The number of aromatic nitrogens is 2. The molecule has 0 aliphatic heterocycles. The van der Waals surface area contributed by atoms with Gasteiger partial charge in [0.2, 0.25) is 0 Å². The van der Waals surface area contributed by atoms with E-state index in [1.54, 1.807) is 24.4 Å². The first-order chi connectivity index (χ1) is 12.3. The molecule has 8 nitrogen and oxygen atoms in total. The molecule has 1 heterocycles. The molecule has 26 heavy (non-hydrogen) atoms. The van der Waals surface area contributed by atoms with Crippen molar-refractivity contribution in [1.82, 2.24) is 10.2 Å². The molecule has 0 spiro atoms. The summed E-state index contributed by atoms with van der Waals surface area (Å²) >= 11 is 0. The molecule has 0 aliphatic rings. The van der Waals surface area contributed by atoms with Gasteiger partial charge in [-0.2, -0.15) is 5.10 Å². The molecule has 0 bridgehead atoms. The lowest BCUT2D eigenvalue weighted by atomic mass is 10.2. The molecular formula is C17H15N3O5S. The summed E-state index contributed by atoms with van der Waals surface area (Å²) in [7, 11) is -3.30. The van der Waals surface area contributed by atoms with Crippen LogP contribution in [0.5, 0.6) is 0 Å². The Hall–Kier alpha value is -3.20. The molecule has 0 atom stereocenters. The van der Waals surface area contributed by atoms with Gasteiger partial charge in [-0.3, -0.25) is 9.89 Å². The number of hydrogen-bond donors (Lipinski definition) is 2. The fourth-order valence-electron chi connectivity index (χ4n) is 2.26. The molecule has 3 aromatic rings. The smallest absolute Gasteiger partial charge is 0.338 e. The number of nitrogens with zero attached hydrogens (tertiary/aromatic N) is 1. The first-order valence-electron chi connectivity index (χ1n) is 7.53. The van der Waals surface area contributed by atoms with Crippen LogP contribution in [0.2, 0.25) is 0 Å². The molecule has 3 rings (SSSR count). The fraction of sp³-hybridized carbons (Fsp3) is 0.118. The average molecular weight is 373 g/mol. The van der Waals surface area contributed by atoms with Gasteiger partial charge >= 0.3 is 5.97 Å². The Balaban J connectivity index is 1.57. The summed E-state index contributed by atoms with van der Waals surface area (Å²) in [6.45, 7) is -0.465. The van der Waals surface area contributed by atoms with E-state index in [-0.39, 0.29) is 4.90 Å². The molecule has 2 aromatic carbocycles. The summed E-state index contributed by atoms with van der Waals surface area (Å²) in [4.78, 5) is 24.0. The van der Waals surface area contributed by atoms with Gasteiger partial charge in [0.15, 0.2) is 16.4 Å². The van der Waals surface area contributed by atoms with Gasteiger partial charge in [0, 0.05) is 17.3 Å². The molecule has 2 N–H and O–H groups in total. The number of sulfone groups is 1. The van der Waals surface area contributed by atoms with Crippen LogP contribution >= 0.6 is 0 Å². The molecular weight excluding hydrogens is 358 g/mol. The van der Waals surface area contributed by atoms with Crippen molar-refractivity contribution in [2.24, 2.45) is 0 Å². The van der Waals surface area contributed by atoms with Crippen LogP contribution in [0.25, 0.3) is 10.9 Å². The highest BCUT2D eigenvalue weighted by Crippen LogP contribution is 2.15. The molecule has 0 fully saturated rings. The lowest BCUT2D eigenvalue weighted by Crippen LogP contribution is -2.20. The quantitative estimate of drug-likeness (QED) is 0.658. The number of H-pyrrole nitrogens is 1. The van der Waals surface area contributed by atoms with Crippen molar-refractivity contribution in [3.63, 3.8) is 0 Å². The number of ether oxygens (including phenoxy) is 1. The molecule has 0 radical (unpaired) electrons. The highest BCUT2D eigenvalue weighted by atomic mass is 32.2. The zero-order valence-corrected chi connectivity index (χ0v) is 14.5. The second-order valence-corrected chi connectivity index (χ2v) is 7.61. The first kappa shape index (κ1) is 17.6. The van der Waals surface area contributed by atoms with Crippen molar-refractivity contribution < 1.29 is 22.7 Å². The zero-order valence-electron chi connectivity index (χ0n) is 13.7. The van der Waals surface area contributed by atoms with E-state index in [0.717, 1.165) is 11.6 Å². The van der Waals surface area contributed by atoms with Crippen molar-refractivity contribution in [2.45, 2.75) is 4.90 Å². The number of fused-ring (bicyclic) bond motifs is 1. The second-order valence-electron chi connectivity index (χ2n) is 5.59. The Kier molecular flexibility index (Phi) is 4.72. The maximum absolute atomic E-state index is 12.0. The first-order valence-corrected chi connectivity index (χ1v) is 9.42. The third kappa shape index (κ3) is 4.06. The normalized spacial score (nSPS) is 11.3. The van der Waals surface area contributed by atoms with Crippen molar-refractivity contribution in [1.29, 1.82) is 0 Å². The third-order valence-corrected chi connectivity index (χ3v) is 4.71. The third-order valence-electron chi connectivity index (χ3n) is 3.58. The number of amides is 1. The molecule has 1 aromatic heterocycles. The molecule has 1 amide bonds. The van der Waals surface area contributed by atoms with E-state index in [9.17, 15) is 18.0 Å². The van der Waals surface area contributed by atoms with Gasteiger partial charge < -0.3 is 10.1 Å². The number of nitrogens with one attached hydrogen (secondary N) is 2. The maximum atomic E-state index is 12.0. The van der Waals surface area contributed by atoms with Crippen molar-refractivity contribution in [2.75, 3.05) is 18.2 Å². The number of aromatic amines is 1. The Morgan fingerprint density at radius 2 is 1.88 bits per heavy atom. The summed E-state index contributed by atoms with van der Waals surface area (Å²) in [5.74, 6) is -1.17. The van der Waals surface area contributed by atoms with E-state index in [4.69, 9.17) is 4.74 Å². The predicted octanol–water partition coefficient (Wildman–Crippen LogP) is 1.76. The van der Waals surface area contributed by atoms with Crippen LogP contribution in [-0.4, -0.2) is 43.4 Å². The molecule has 0 aliphatic carbocycles. The zero-order chi connectivity index (χ0) is 18.7. The lowest BCUT2D eigenvalue weighted by Gasteiger charge is -2.07. The van der Waals surface area contributed by atoms with Gasteiger partial charge in [-0.05, 0) is 36.4 Å². The van der Waals surface area contributed by atoms with Crippen LogP contribution in [0, 0.1) is 0 Å². The molecule has 134 valence electrons. The highest BCUT2D eigenvalue weighted by molar-refractivity contribution is 7.90. The van der Waals surface area contributed by atoms with Gasteiger partial charge in [-0.25, -0.2) is 13.2 Å². The number of rotatable bonds is 5. The summed E-state index contributed by atoms with van der Waals surface area (Å²) in [5, 5.41) is 10.00. The topological polar surface area (TPSA) is 118 Å². The number of esters is 1. The molecule has 0 saturated carbocycles. The molecule has 0 saturated heterocycles. The number of carbonyl (C=O) groups excluding carboxylic acids is 2.